The second-order valence-electron chi connectivity index (χ2n) is 7.39. The minimum absolute atomic E-state index is 0.141. The molecule has 7 heteroatoms. The van der Waals surface area contributed by atoms with Crippen molar-refractivity contribution in [2.45, 2.75) is 45.9 Å². The first-order chi connectivity index (χ1) is 14.0. The van der Waals surface area contributed by atoms with Gasteiger partial charge in [-0.15, -0.1) is 0 Å². The van der Waals surface area contributed by atoms with Gasteiger partial charge >= 0.3 is 0 Å². The lowest BCUT2D eigenvalue weighted by atomic mass is 10.2. The van der Waals surface area contributed by atoms with Crippen molar-refractivity contribution < 1.29 is 9.13 Å². The molecule has 1 aliphatic rings. The lowest BCUT2D eigenvalue weighted by molar-refractivity contribution is 0.242. The number of anilines is 1. The molecule has 1 aromatic heterocycles. The van der Waals surface area contributed by atoms with E-state index < -0.39 is 0 Å². The Hall–Kier alpha value is -2.83. The molecule has 0 bridgehead atoms. The van der Waals surface area contributed by atoms with E-state index >= 15 is 0 Å². The Bertz CT molecular complexity index is 826. The maximum Gasteiger partial charge on any atom is 0.191 e. The third-order valence-electron chi connectivity index (χ3n) is 4.60. The number of aliphatic imine (C=N–C) groups is 1. The second-order valence-corrected chi connectivity index (χ2v) is 7.39. The average molecular weight is 400 g/mol. The first-order valence-corrected chi connectivity index (χ1v) is 10.2. The number of rotatable bonds is 7. The summed E-state index contributed by atoms with van der Waals surface area (Å²) in [6.07, 6.45) is 2.67. The summed E-state index contributed by atoms with van der Waals surface area (Å²) in [5, 5.41) is 6.76. The highest BCUT2D eigenvalue weighted by Gasteiger charge is 2.25. The molecule has 3 rings (SSSR count). The van der Waals surface area contributed by atoms with Gasteiger partial charge in [0, 0.05) is 31.9 Å². The number of aromatic nitrogens is 1. The van der Waals surface area contributed by atoms with E-state index in [1.807, 2.05) is 49.9 Å². The molecule has 2 aromatic rings. The number of benzene rings is 1. The molecule has 1 aromatic carbocycles. The van der Waals surface area contributed by atoms with Crippen LogP contribution in [0.2, 0.25) is 0 Å². The number of nitrogens with zero attached hydrogens (tertiary/aromatic N) is 3. The van der Waals surface area contributed by atoms with Gasteiger partial charge in [-0.3, -0.25) is 0 Å². The predicted molar refractivity (Wildman–Crippen MR) is 115 cm³/mol. The van der Waals surface area contributed by atoms with Gasteiger partial charge in [0.15, 0.2) is 17.6 Å². The number of nitrogens with one attached hydrogen (secondary N) is 2. The molecule has 2 N–H and O–H groups in total. The monoisotopic (exact) mass is 399 g/mol. The lowest BCUT2D eigenvalue weighted by Crippen LogP contribution is -2.44. The first kappa shape index (κ1) is 20.9. The van der Waals surface area contributed by atoms with Crippen LogP contribution in [0.25, 0.3) is 0 Å². The third kappa shape index (κ3) is 6.07. The number of guanidine groups is 1. The van der Waals surface area contributed by atoms with Crippen LogP contribution in [-0.2, 0) is 6.54 Å². The van der Waals surface area contributed by atoms with Gasteiger partial charge in [-0.2, -0.15) is 0 Å². The standard InChI is InChI=1S/C22H30FN5O/c1-4-24-22(26-14-17-7-5-8-19(13-17)29-16(2)3)27-18-10-12-28(15-18)21-20(23)9-6-11-25-21/h5-9,11,13,16,18H,4,10,12,14-15H2,1-3H3,(H2,24,26,27). The van der Waals surface area contributed by atoms with Gasteiger partial charge < -0.3 is 20.3 Å². The normalized spacial score (nSPS) is 16.9. The number of ether oxygens (including phenoxy) is 1. The summed E-state index contributed by atoms with van der Waals surface area (Å²) in [7, 11) is 0. The number of hydrogen-bond acceptors (Lipinski definition) is 4. The van der Waals surface area contributed by atoms with E-state index in [1.54, 1.807) is 12.3 Å². The van der Waals surface area contributed by atoms with E-state index in [4.69, 9.17) is 9.73 Å². The molecule has 156 valence electrons. The quantitative estimate of drug-likeness (QED) is 0.552. The van der Waals surface area contributed by atoms with E-state index in [2.05, 4.69) is 15.6 Å². The topological polar surface area (TPSA) is 61.8 Å². The summed E-state index contributed by atoms with van der Waals surface area (Å²) in [4.78, 5) is 10.9. The van der Waals surface area contributed by atoms with Crippen molar-refractivity contribution in [3.05, 3.63) is 54.0 Å². The molecule has 1 atom stereocenters. The van der Waals surface area contributed by atoms with Crippen LogP contribution in [0.15, 0.2) is 47.6 Å². The highest BCUT2D eigenvalue weighted by Crippen LogP contribution is 2.21. The van der Waals surface area contributed by atoms with Gasteiger partial charge in [-0.05, 0) is 57.0 Å². The molecule has 1 saturated heterocycles. The van der Waals surface area contributed by atoms with Crippen molar-refractivity contribution in [2.24, 2.45) is 4.99 Å². The van der Waals surface area contributed by atoms with Crippen LogP contribution in [0.1, 0.15) is 32.8 Å². The minimum Gasteiger partial charge on any atom is -0.491 e. The zero-order chi connectivity index (χ0) is 20.6. The fourth-order valence-corrected chi connectivity index (χ4v) is 3.35. The molecule has 0 spiro atoms. The fourth-order valence-electron chi connectivity index (χ4n) is 3.35. The smallest absolute Gasteiger partial charge is 0.191 e. The van der Waals surface area contributed by atoms with Crippen molar-refractivity contribution in [2.75, 3.05) is 24.5 Å². The van der Waals surface area contributed by atoms with Gasteiger partial charge in [-0.25, -0.2) is 14.4 Å². The van der Waals surface area contributed by atoms with Crippen LogP contribution >= 0.6 is 0 Å². The first-order valence-electron chi connectivity index (χ1n) is 10.2. The van der Waals surface area contributed by atoms with Crippen molar-refractivity contribution in [1.29, 1.82) is 0 Å². The number of halogens is 1. The molecular formula is C22H30FN5O. The molecule has 1 fully saturated rings. The van der Waals surface area contributed by atoms with Crippen LogP contribution in [0.4, 0.5) is 10.2 Å². The molecule has 1 unspecified atom stereocenters. The highest BCUT2D eigenvalue weighted by atomic mass is 19.1. The molecule has 0 radical (unpaired) electrons. The molecule has 6 nitrogen and oxygen atoms in total. The molecule has 1 aliphatic heterocycles. The molecular weight excluding hydrogens is 369 g/mol. The van der Waals surface area contributed by atoms with E-state index in [0.717, 1.165) is 36.8 Å². The Kier molecular flexibility index (Phi) is 7.27. The molecule has 0 saturated carbocycles. The fraction of sp³-hybridized carbons (Fsp3) is 0.455. The summed E-state index contributed by atoms with van der Waals surface area (Å²) in [6, 6.07) is 11.3. The van der Waals surface area contributed by atoms with Crippen LogP contribution < -0.4 is 20.3 Å². The van der Waals surface area contributed by atoms with Crippen molar-refractivity contribution in [1.82, 2.24) is 15.6 Å². The molecule has 0 amide bonds. The Morgan fingerprint density at radius 1 is 1.34 bits per heavy atom. The van der Waals surface area contributed by atoms with Gasteiger partial charge in [0.1, 0.15) is 5.75 Å². The van der Waals surface area contributed by atoms with Gasteiger partial charge in [0.05, 0.1) is 12.6 Å². The Morgan fingerprint density at radius 3 is 2.97 bits per heavy atom. The van der Waals surface area contributed by atoms with Crippen LogP contribution in [-0.4, -0.2) is 42.7 Å². The molecule has 0 aliphatic carbocycles. The maximum atomic E-state index is 14.0. The average Bonchev–Trinajstić information content (AvgIpc) is 3.15. The number of pyridine rings is 1. The summed E-state index contributed by atoms with van der Waals surface area (Å²) in [5.41, 5.74) is 1.09. The second kappa shape index (κ2) is 10.1. The maximum absolute atomic E-state index is 14.0. The predicted octanol–water partition coefficient (Wildman–Crippen LogP) is 3.34. The van der Waals surface area contributed by atoms with Crippen LogP contribution in [0.3, 0.4) is 0 Å². The van der Waals surface area contributed by atoms with E-state index in [0.29, 0.717) is 18.9 Å². The SMILES string of the molecule is CCNC(=NCc1cccc(OC(C)C)c1)NC1CCN(c2ncccc2F)C1. The summed E-state index contributed by atoms with van der Waals surface area (Å²) < 4.78 is 19.8. The van der Waals surface area contributed by atoms with Gasteiger partial charge in [0.25, 0.3) is 0 Å². The van der Waals surface area contributed by atoms with Crippen molar-refractivity contribution >= 4 is 11.8 Å². The Morgan fingerprint density at radius 2 is 2.21 bits per heavy atom. The van der Waals surface area contributed by atoms with Gasteiger partial charge in [-0.1, -0.05) is 12.1 Å². The van der Waals surface area contributed by atoms with Crippen LogP contribution in [0, 0.1) is 5.82 Å². The largest absolute Gasteiger partial charge is 0.491 e. The summed E-state index contributed by atoms with van der Waals surface area (Å²) >= 11 is 0. The van der Waals surface area contributed by atoms with E-state index in [9.17, 15) is 4.39 Å². The summed E-state index contributed by atoms with van der Waals surface area (Å²) in [5.74, 6) is 1.75. The Balaban J connectivity index is 1.61. The molecule has 2 heterocycles. The summed E-state index contributed by atoms with van der Waals surface area (Å²) in [6.45, 7) is 8.84. The minimum atomic E-state index is -0.280. The van der Waals surface area contributed by atoms with E-state index in [-0.39, 0.29) is 18.0 Å². The zero-order valence-electron chi connectivity index (χ0n) is 17.4. The molecule has 29 heavy (non-hydrogen) atoms. The van der Waals surface area contributed by atoms with Crippen molar-refractivity contribution in [3.63, 3.8) is 0 Å². The van der Waals surface area contributed by atoms with Crippen molar-refractivity contribution in [3.8, 4) is 5.75 Å². The zero-order valence-corrected chi connectivity index (χ0v) is 17.4. The third-order valence-corrected chi connectivity index (χ3v) is 4.60. The van der Waals surface area contributed by atoms with Gasteiger partial charge in [0.2, 0.25) is 0 Å². The van der Waals surface area contributed by atoms with Crippen LogP contribution in [0.5, 0.6) is 5.75 Å². The Labute approximate surface area is 172 Å². The lowest BCUT2D eigenvalue weighted by Gasteiger charge is -2.20. The highest BCUT2D eigenvalue weighted by molar-refractivity contribution is 5.80. The number of hydrogen-bond donors (Lipinski definition) is 2. The van der Waals surface area contributed by atoms with E-state index in [1.165, 1.54) is 6.07 Å².